The van der Waals surface area contributed by atoms with E-state index in [4.69, 9.17) is 4.89 Å². The van der Waals surface area contributed by atoms with Gasteiger partial charge in [-0.1, -0.05) is 0 Å². The van der Waals surface area contributed by atoms with Crippen molar-refractivity contribution < 1.29 is 26.0 Å². The van der Waals surface area contributed by atoms with Crippen LogP contribution in [0.4, 0.5) is 0 Å². The molecule has 0 rings (SSSR count). The van der Waals surface area contributed by atoms with Gasteiger partial charge in [-0.25, -0.2) is 0 Å². The molecule has 0 aromatic rings. The second-order valence-electron chi connectivity index (χ2n) is 0.158. The molecule has 0 aliphatic rings. The summed E-state index contributed by atoms with van der Waals surface area (Å²) in [6, 6.07) is 0. The third-order valence-electron chi connectivity index (χ3n) is 0. The molecule has 0 aliphatic carbocycles. The largest absolute Gasteiger partial charge is 0.228 e. The van der Waals surface area contributed by atoms with Crippen molar-refractivity contribution in [2.45, 2.75) is 0 Å². The van der Waals surface area contributed by atoms with Gasteiger partial charge in [-0.3, -0.25) is 0 Å². The number of hydrogen-bond acceptors (Lipinski definition) is 1. The van der Waals surface area contributed by atoms with Crippen molar-refractivity contribution >= 4 is 14.7 Å². The molecule has 0 saturated carbocycles. The normalized spacial score (nSPS) is 5.25. The molecule has 0 saturated heterocycles. The summed E-state index contributed by atoms with van der Waals surface area (Å²) in [6.07, 6.45) is 3.07. The van der Waals surface area contributed by atoms with E-state index in [1.54, 1.807) is 0 Å². The summed E-state index contributed by atoms with van der Waals surface area (Å²) >= 11 is 0. The van der Waals surface area contributed by atoms with E-state index in [-0.39, 0.29) is 29.5 Å². The second kappa shape index (κ2) is 9.17. The van der Waals surface area contributed by atoms with E-state index in [0.29, 0.717) is 0 Å². The van der Waals surface area contributed by atoms with Gasteiger partial charge in [0.05, 0.1) is 0 Å². The molecule has 24 valence electrons. The second-order valence-corrected chi connectivity index (χ2v) is 0.474. The number of hydrogen-bond donors (Lipinski definition) is 1. The summed E-state index contributed by atoms with van der Waals surface area (Å²) in [5.41, 5.74) is 0. The van der Waals surface area contributed by atoms with Gasteiger partial charge in [0.15, 0.2) is 0 Å². The first-order valence-electron chi connectivity index (χ1n) is 0.577. The molecule has 0 radical (unpaired) electrons. The summed E-state index contributed by atoms with van der Waals surface area (Å²) in [5.74, 6) is 0. The Kier molecular flexibility index (Phi) is 20.3. The van der Waals surface area contributed by atoms with Crippen LogP contribution in [0.5, 0.6) is 0 Å². The van der Waals surface area contributed by atoms with Crippen LogP contribution >= 0.6 is 8.43 Å². The van der Waals surface area contributed by atoms with Gasteiger partial charge in [-0.2, -0.15) is 4.89 Å². The Hall–Kier alpha value is 0.818. The Bertz CT molecular complexity index is 15.5. The zero-order chi connectivity index (χ0) is 2.71. The van der Waals surface area contributed by atoms with Gasteiger partial charge in [0.2, 0.25) is 8.43 Å². The number of rotatable bonds is 0. The molecular weight excluding hydrogens is 243 g/mol. The van der Waals surface area contributed by atoms with Crippen LogP contribution in [0.3, 0.4) is 0 Å². The van der Waals surface area contributed by atoms with Gasteiger partial charge < -0.3 is 0 Å². The molecule has 0 aliphatic heterocycles. The van der Waals surface area contributed by atoms with Crippen molar-refractivity contribution in [3.8, 4) is 0 Å². The first-order chi connectivity index (χ1) is 1.41. The molecule has 0 heterocycles. The standard InChI is InChI=1S/CH3OP.W/c1-3-2;/h2H,1H2;/p+1. The fourth-order valence-corrected chi connectivity index (χ4v) is 0. The van der Waals surface area contributed by atoms with E-state index in [1.807, 2.05) is 0 Å². The van der Waals surface area contributed by atoms with E-state index < -0.39 is 0 Å². The summed E-state index contributed by atoms with van der Waals surface area (Å²) in [7, 11) is -0.167. The van der Waals surface area contributed by atoms with Crippen LogP contribution in [0.25, 0.3) is 0 Å². The van der Waals surface area contributed by atoms with Gasteiger partial charge in [0, 0.05) is 21.1 Å². The average Bonchev–Trinajstić information content (AvgIpc) is 0.918. The molecule has 1 nitrogen and oxygen atoms in total. The minimum atomic E-state index is -0.167. The van der Waals surface area contributed by atoms with Crippen molar-refractivity contribution in [1.82, 2.24) is 0 Å². The van der Waals surface area contributed by atoms with Gasteiger partial charge in [-0.15, -0.1) is 0 Å². The molecule has 0 bridgehead atoms. The smallest absolute Gasteiger partial charge is 0.196 e. The summed E-state index contributed by atoms with van der Waals surface area (Å²) < 4.78 is 0. The van der Waals surface area contributed by atoms with Crippen LogP contribution in [0.2, 0.25) is 0 Å². The van der Waals surface area contributed by atoms with Crippen molar-refractivity contribution in [1.29, 1.82) is 0 Å². The average molecular weight is 247 g/mol. The molecule has 0 aromatic carbocycles. The molecule has 0 spiro atoms. The molecule has 1 N–H and O–H groups in total. The van der Waals surface area contributed by atoms with Crippen molar-refractivity contribution in [3.05, 3.63) is 0 Å². The predicted molar refractivity (Wildman–Crippen MR) is 17.7 cm³/mol. The maximum absolute atomic E-state index is 7.49. The molecular formula is CH4OPW+. The Morgan fingerprint density at radius 2 is 1.75 bits per heavy atom. The summed E-state index contributed by atoms with van der Waals surface area (Å²) in [6.45, 7) is 0. The zero-order valence-electron chi connectivity index (χ0n) is 2.06. The topological polar surface area (TPSA) is 20.2 Å². The van der Waals surface area contributed by atoms with Crippen LogP contribution in [0, 0.1) is 0 Å². The van der Waals surface area contributed by atoms with Gasteiger partial charge in [-0.05, 0) is 0 Å². The molecule has 0 fully saturated rings. The fourth-order valence-electron chi connectivity index (χ4n) is 0. The zero-order valence-corrected chi connectivity index (χ0v) is 6.00. The van der Waals surface area contributed by atoms with Gasteiger partial charge >= 0.3 is 0 Å². The van der Waals surface area contributed by atoms with Crippen LogP contribution in [-0.4, -0.2) is 11.2 Å². The molecule has 1 unspecified atom stereocenters. The van der Waals surface area contributed by atoms with Crippen LogP contribution in [0.15, 0.2) is 0 Å². The molecule has 0 aromatic heterocycles. The van der Waals surface area contributed by atoms with E-state index >= 15 is 0 Å². The van der Waals surface area contributed by atoms with Gasteiger partial charge in [0.25, 0.3) is 0 Å². The van der Waals surface area contributed by atoms with Crippen molar-refractivity contribution in [2.75, 3.05) is 0 Å². The van der Waals surface area contributed by atoms with E-state index in [1.165, 1.54) is 0 Å². The molecule has 3 heteroatoms. The van der Waals surface area contributed by atoms with Crippen molar-refractivity contribution in [3.63, 3.8) is 0 Å². The maximum Gasteiger partial charge on any atom is 0.228 e. The van der Waals surface area contributed by atoms with Crippen LogP contribution < -0.4 is 0 Å². The molecule has 1 atom stereocenters. The van der Waals surface area contributed by atoms with Gasteiger partial charge in [0.1, 0.15) is 6.30 Å². The third kappa shape index (κ3) is 13.9. The predicted octanol–water partition coefficient (Wildman–Crippen LogP) is 0.00170. The Balaban J connectivity index is 0. The monoisotopic (exact) mass is 247 g/mol. The Labute approximate surface area is 41.2 Å². The van der Waals surface area contributed by atoms with Crippen LogP contribution in [0.1, 0.15) is 0 Å². The SMILES string of the molecule is C=[PH+]O.[W]. The van der Waals surface area contributed by atoms with E-state index in [0.717, 1.165) is 0 Å². The Morgan fingerprint density at radius 1 is 1.75 bits per heavy atom. The summed E-state index contributed by atoms with van der Waals surface area (Å²) in [5, 5.41) is 0. The molecule has 0 amide bonds. The van der Waals surface area contributed by atoms with E-state index in [9.17, 15) is 0 Å². The van der Waals surface area contributed by atoms with E-state index in [2.05, 4.69) is 6.30 Å². The quantitative estimate of drug-likeness (QED) is 0.597. The third-order valence-corrected chi connectivity index (χ3v) is 0. The minimum absolute atomic E-state index is 0. The Morgan fingerprint density at radius 3 is 1.75 bits per heavy atom. The first-order valence-corrected chi connectivity index (χ1v) is 1.73. The van der Waals surface area contributed by atoms with Crippen molar-refractivity contribution in [2.24, 2.45) is 0 Å². The molecule has 4 heavy (non-hydrogen) atoms. The van der Waals surface area contributed by atoms with Crippen LogP contribution in [-0.2, 0) is 21.1 Å². The first kappa shape index (κ1) is 8.84. The summed E-state index contributed by atoms with van der Waals surface area (Å²) in [4.78, 5) is 7.49. The fraction of sp³-hybridized carbons (Fsp3) is 0. The minimum Gasteiger partial charge on any atom is -0.196 e. The maximum atomic E-state index is 7.49.